The Morgan fingerprint density at radius 1 is 1.36 bits per heavy atom. The van der Waals surface area contributed by atoms with E-state index in [9.17, 15) is 13.2 Å². The maximum Gasteiger partial charge on any atom is 0.417 e. The Morgan fingerprint density at radius 3 is 2.50 bits per heavy atom. The first-order chi connectivity index (χ1) is 6.54. The predicted molar refractivity (Wildman–Crippen MR) is 47.0 cm³/mol. The molecule has 1 rings (SSSR count). The fourth-order valence-corrected chi connectivity index (χ4v) is 1.38. The summed E-state index contributed by atoms with van der Waals surface area (Å²) in [7, 11) is 0. The molecule has 14 heavy (non-hydrogen) atoms. The van der Waals surface area contributed by atoms with E-state index in [4.69, 9.17) is 5.11 Å². The summed E-state index contributed by atoms with van der Waals surface area (Å²) in [6.45, 7) is -0.0205. The van der Waals surface area contributed by atoms with Crippen molar-refractivity contribution in [3.63, 3.8) is 0 Å². The fraction of sp³-hybridized carbons (Fsp3) is 0.375. The predicted octanol–water partition coefficient (Wildman–Crippen LogP) is 2.18. The molecule has 0 amide bonds. The zero-order valence-corrected chi connectivity index (χ0v) is 7.90. The van der Waals surface area contributed by atoms with Crippen molar-refractivity contribution < 1.29 is 18.3 Å². The molecule has 1 aromatic rings. The number of rotatable bonds is 3. The summed E-state index contributed by atoms with van der Waals surface area (Å²) in [6, 6.07) is 2.27. The van der Waals surface area contributed by atoms with Gasteiger partial charge in [0.05, 0.1) is 17.2 Å². The maximum atomic E-state index is 12.1. The van der Waals surface area contributed by atoms with Crippen LogP contribution in [0.4, 0.5) is 13.2 Å². The van der Waals surface area contributed by atoms with Crippen molar-refractivity contribution in [3.05, 3.63) is 23.9 Å². The summed E-state index contributed by atoms with van der Waals surface area (Å²) < 4.78 is 36.3. The van der Waals surface area contributed by atoms with Crippen molar-refractivity contribution in [2.24, 2.45) is 0 Å². The lowest BCUT2D eigenvalue weighted by Crippen LogP contribution is -2.05. The van der Waals surface area contributed by atoms with Gasteiger partial charge in [-0.3, -0.25) is 0 Å². The smallest absolute Gasteiger partial charge is 0.396 e. The summed E-state index contributed by atoms with van der Waals surface area (Å²) in [4.78, 5) is 3.61. The molecular formula is C8H8F3NOS. The number of pyridine rings is 1. The van der Waals surface area contributed by atoms with Gasteiger partial charge in [0.2, 0.25) is 0 Å². The minimum Gasteiger partial charge on any atom is -0.396 e. The highest BCUT2D eigenvalue weighted by Crippen LogP contribution is 2.29. The minimum atomic E-state index is -4.34. The highest BCUT2D eigenvalue weighted by atomic mass is 32.2. The molecule has 78 valence electrons. The first kappa shape index (κ1) is 11.3. The van der Waals surface area contributed by atoms with E-state index < -0.39 is 11.7 Å². The van der Waals surface area contributed by atoms with Gasteiger partial charge in [0.15, 0.2) is 0 Å². The summed E-state index contributed by atoms with van der Waals surface area (Å²) >= 11 is 1.21. The lowest BCUT2D eigenvalue weighted by molar-refractivity contribution is -0.137. The molecule has 0 aliphatic carbocycles. The van der Waals surface area contributed by atoms with E-state index in [1.54, 1.807) is 0 Å². The Labute approximate surface area is 83.2 Å². The molecule has 0 aromatic carbocycles. The highest BCUT2D eigenvalue weighted by molar-refractivity contribution is 7.99. The molecule has 0 saturated carbocycles. The van der Waals surface area contributed by atoms with Crippen molar-refractivity contribution in [3.8, 4) is 0 Å². The van der Waals surface area contributed by atoms with Crippen molar-refractivity contribution >= 4 is 11.8 Å². The molecule has 6 heteroatoms. The number of hydrogen-bond donors (Lipinski definition) is 1. The van der Waals surface area contributed by atoms with Gasteiger partial charge in [-0.15, -0.1) is 11.8 Å². The maximum absolute atomic E-state index is 12.1. The molecule has 0 bridgehead atoms. The van der Waals surface area contributed by atoms with Gasteiger partial charge in [-0.1, -0.05) is 0 Å². The van der Waals surface area contributed by atoms with E-state index in [2.05, 4.69) is 4.98 Å². The zero-order valence-electron chi connectivity index (χ0n) is 7.08. The van der Waals surface area contributed by atoms with Gasteiger partial charge >= 0.3 is 6.18 Å². The molecule has 0 fully saturated rings. The Balaban J connectivity index is 2.69. The molecule has 1 aromatic heterocycles. The third-order valence-electron chi connectivity index (χ3n) is 1.40. The number of halogens is 3. The summed E-state index contributed by atoms with van der Waals surface area (Å²) in [6.07, 6.45) is -3.55. The van der Waals surface area contributed by atoms with Gasteiger partial charge in [0.25, 0.3) is 0 Å². The first-order valence-corrected chi connectivity index (χ1v) is 4.79. The van der Waals surface area contributed by atoms with Crippen molar-refractivity contribution in [1.82, 2.24) is 4.98 Å². The van der Waals surface area contributed by atoms with E-state index in [1.165, 1.54) is 17.8 Å². The Kier molecular flexibility index (Phi) is 3.77. The van der Waals surface area contributed by atoms with Gasteiger partial charge in [-0.25, -0.2) is 4.98 Å². The fourth-order valence-electron chi connectivity index (χ4n) is 0.784. The molecule has 0 atom stereocenters. The second-order valence-electron chi connectivity index (χ2n) is 2.45. The van der Waals surface area contributed by atoms with Crippen molar-refractivity contribution in [1.29, 1.82) is 0 Å². The normalized spacial score (nSPS) is 11.7. The highest BCUT2D eigenvalue weighted by Gasteiger charge is 2.30. The van der Waals surface area contributed by atoms with Crippen LogP contribution in [0.25, 0.3) is 0 Å². The van der Waals surface area contributed by atoms with E-state index in [0.29, 0.717) is 10.8 Å². The molecule has 0 aliphatic heterocycles. The monoisotopic (exact) mass is 223 g/mol. The quantitative estimate of drug-likeness (QED) is 0.797. The number of aliphatic hydroxyl groups is 1. The molecule has 0 saturated heterocycles. The van der Waals surface area contributed by atoms with E-state index in [1.807, 2.05) is 0 Å². The summed E-state index contributed by atoms with van der Waals surface area (Å²) in [5.74, 6) is 0.429. The van der Waals surface area contributed by atoms with Crippen LogP contribution in [0.1, 0.15) is 5.56 Å². The summed E-state index contributed by atoms with van der Waals surface area (Å²) in [5.41, 5.74) is -0.758. The largest absolute Gasteiger partial charge is 0.417 e. The topological polar surface area (TPSA) is 33.1 Å². The molecule has 2 nitrogen and oxygen atoms in total. The zero-order chi connectivity index (χ0) is 10.6. The molecular weight excluding hydrogens is 215 g/mol. The third-order valence-corrected chi connectivity index (χ3v) is 2.33. The molecule has 0 radical (unpaired) electrons. The SMILES string of the molecule is OCCSc1ccc(C(F)(F)F)cn1. The van der Waals surface area contributed by atoms with Crippen LogP contribution in [0.2, 0.25) is 0 Å². The lowest BCUT2D eigenvalue weighted by Gasteiger charge is -2.05. The van der Waals surface area contributed by atoms with Crippen LogP contribution in [0.15, 0.2) is 23.4 Å². The van der Waals surface area contributed by atoms with Gasteiger partial charge in [-0.2, -0.15) is 13.2 Å². The van der Waals surface area contributed by atoms with Gasteiger partial charge in [0, 0.05) is 11.9 Å². The molecule has 0 aliphatic rings. The average Bonchev–Trinajstić information content (AvgIpc) is 2.14. The lowest BCUT2D eigenvalue weighted by atomic mass is 10.3. The number of hydrogen-bond acceptors (Lipinski definition) is 3. The van der Waals surface area contributed by atoms with Crippen LogP contribution in [-0.2, 0) is 6.18 Å². The first-order valence-electron chi connectivity index (χ1n) is 3.81. The number of nitrogens with zero attached hydrogens (tertiary/aromatic N) is 1. The van der Waals surface area contributed by atoms with Crippen LogP contribution < -0.4 is 0 Å². The third kappa shape index (κ3) is 3.19. The van der Waals surface area contributed by atoms with E-state index in [-0.39, 0.29) is 6.61 Å². The number of alkyl halides is 3. The van der Waals surface area contributed by atoms with Gasteiger partial charge in [-0.05, 0) is 12.1 Å². The van der Waals surface area contributed by atoms with Crippen LogP contribution in [0.5, 0.6) is 0 Å². The van der Waals surface area contributed by atoms with Crippen molar-refractivity contribution in [2.75, 3.05) is 12.4 Å². The van der Waals surface area contributed by atoms with Crippen LogP contribution in [0, 0.1) is 0 Å². The Bertz CT molecular complexity index is 286. The van der Waals surface area contributed by atoms with Crippen molar-refractivity contribution in [2.45, 2.75) is 11.2 Å². The molecule has 0 unspecified atom stereocenters. The molecule has 1 N–H and O–H groups in total. The van der Waals surface area contributed by atoms with E-state index in [0.717, 1.165) is 12.3 Å². The Hall–Kier alpha value is -0.750. The standard InChI is InChI=1S/C8H8F3NOS/c9-8(10,11)6-1-2-7(12-5-6)14-4-3-13/h1-2,5,13H,3-4H2. The Morgan fingerprint density at radius 2 is 2.07 bits per heavy atom. The van der Waals surface area contributed by atoms with Crippen LogP contribution >= 0.6 is 11.8 Å². The minimum absolute atomic E-state index is 0.0205. The number of aromatic nitrogens is 1. The average molecular weight is 223 g/mol. The second-order valence-corrected chi connectivity index (χ2v) is 3.57. The van der Waals surface area contributed by atoms with Gasteiger partial charge in [0.1, 0.15) is 0 Å². The number of aliphatic hydroxyl groups excluding tert-OH is 1. The van der Waals surface area contributed by atoms with Crippen LogP contribution in [-0.4, -0.2) is 22.5 Å². The second kappa shape index (κ2) is 4.65. The number of thioether (sulfide) groups is 1. The molecule has 1 heterocycles. The molecule has 0 spiro atoms. The van der Waals surface area contributed by atoms with E-state index >= 15 is 0 Å². The van der Waals surface area contributed by atoms with Gasteiger partial charge < -0.3 is 5.11 Å². The summed E-state index contributed by atoms with van der Waals surface area (Å²) in [5, 5.41) is 8.96. The van der Waals surface area contributed by atoms with Crippen LogP contribution in [0.3, 0.4) is 0 Å².